The van der Waals surface area contributed by atoms with Crippen molar-refractivity contribution in [2.24, 2.45) is 5.11 Å². The average molecular weight is 341 g/mol. The summed E-state index contributed by atoms with van der Waals surface area (Å²) in [6.07, 6.45) is 12.5. The molecule has 0 aromatic carbocycles. The highest BCUT2D eigenvalue weighted by molar-refractivity contribution is 4.70. The van der Waals surface area contributed by atoms with Gasteiger partial charge in [0.2, 0.25) is 0 Å². The second-order valence-corrected chi connectivity index (χ2v) is 7.02. The van der Waals surface area contributed by atoms with Gasteiger partial charge in [-0.2, -0.15) is 0 Å². The zero-order valence-electron chi connectivity index (χ0n) is 15.5. The summed E-state index contributed by atoms with van der Waals surface area (Å²) >= 11 is 0. The molecule has 0 aliphatic carbocycles. The fourth-order valence-electron chi connectivity index (χ4n) is 2.91. The van der Waals surface area contributed by atoms with E-state index in [0.717, 1.165) is 19.4 Å². The molecule has 1 aliphatic rings. The van der Waals surface area contributed by atoms with Crippen molar-refractivity contribution in [2.45, 2.75) is 89.9 Å². The lowest BCUT2D eigenvalue weighted by molar-refractivity contribution is -0.145. The number of rotatable bonds is 15. The number of hydrogen-bond donors (Lipinski definition) is 0. The van der Waals surface area contributed by atoms with E-state index in [2.05, 4.69) is 10.0 Å². The van der Waals surface area contributed by atoms with Crippen LogP contribution in [0, 0.1) is 0 Å². The largest absolute Gasteiger partial charge is 0.379 e. The smallest absolute Gasteiger partial charge is 0.163 e. The van der Waals surface area contributed by atoms with Gasteiger partial charge < -0.3 is 14.2 Å². The molecule has 0 saturated carbocycles. The van der Waals surface area contributed by atoms with Gasteiger partial charge in [0.15, 0.2) is 5.79 Å². The molecule has 0 N–H and O–H groups in total. The molecule has 1 unspecified atom stereocenters. The molecule has 140 valence electrons. The molecule has 24 heavy (non-hydrogen) atoms. The minimum Gasteiger partial charge on any atom is -0.379 e. The molecule has 6 heteroatoms. The monoisotopic (exact) mass is 341 g/mol. The van der Waals surface area contributed by atoms with E-state index in [1.807, 2.05) is 13.8 Å². The van der Waals surface area contributed by atoms with E-state index in [9.17, 15) is 0 Å². The first-order chi connectivity index (χ1) is 11.6. The molecule has 0 bridgehead atoms. The Bertz CT molecular complexity index is 357. The Morgan fingerprint density at radius 1 is 1.00 bits per heavy atom. The van der Waals surface area contributed by atoms with Crippen molar-refractivity contribution in [1.82, 2.24) is 0 Å². The van der Waals surface area contributed by atoms with Crippen LogP contribution in [0.5, 0.6) is 0 Å². The van der Waals surface area contributed by atoms with Crippen molar-refractivity contribution in [3.8, 4) is 0 Å². The zero-order valence-corrected chi connectivity index (χ0v) is 15.5. The summed E-state index contributed by atoms with van der Waals surface area (Å²) in [4.78, 5) is 2.76. The molecule has 1 fully saturated rings. The van der Waals surface area contributed by atoms with Crippen molar-refractivity contribution in [1.29, 1.82) is 0 Å². The van der Waals surface area contributed by atoms with Gasteiger partial charge in [0.1, 0.15) is 6.10 Å². The first-order valence-electron chi connectivity index (χ1n) is 9.54. The molecule has 6 nitrogen and oxygen atoms in total. The van der Waals surface area contributed by atoms with Crippen molar-refractivity contribution in [3.63, 3.8) is 0 Å². The predicted molar refractivity (Wildman–Crippen MR) is 95.9 cm³/mol. The number of azide groups is 1. The van der Waals surface area contributed by atoms with Crippen LogP contribution in [0.1, 0.15) is 78.1 Å². The Hall–Kier alpha value is -0.810. The lowest BCUT2D eigenvalue weighted by atomic mass is 10.1. The molecular formula is C18H35N3O3. The van der Waals surface area contributed by atoms with Gasteiger partial charge in [0, 0.05) is 18.1 Å². The molecule has 1 aliphatic heterocycles. The van der Waals surface area contributed by atoms with Gasteiger partial charge in [-0.1, -0.05) is 56.5 Å². The lowest BCUT2D eigenvalue weighted by Crippen LogP contribution is -2.24. The molecule has 0 radical (unpaired) electrons. The van der Waals surface area contributed by atoms with Crippen molar-refractivity contribution in [3.05, 3.63) is 10.4 Å². The maximum absolute atomic E-state index is 8.17. The van der Waals surface area contributed by atoms with E-state index in [4.69, 9.17) is 19.7 Å². The average Bonchev–Trinajstić information content (AvgIpc) is 2.90. The van der Waals surface area contributed by atoms with Gasteiger partial charge in [0.25, 0.3) is 0 Å². The number of hydrogen-bond acceptors (Lipinski definition) is 4. The van der Waals surface area contributed by atoms with Crippen LogP contribution in [0.2, 0.25) is 0 Å². The highest BCUT2D eigenvalue weighted by Gasteiger charge is 2.32. The highest BCUT2D eigenvalue weighted by Crippen LogP contribution is 2.22. The van der Waals surface area contributed by atoms with Crippen LogP contribution >= 0.6 is 0 Å². The van der Waals surface area contributed by atoms with Crippen LogP contribution < -0.4 is 0 Å². The predicted octanol–water partition coefficient (Wildman–Crippen LogP) is 5.37. The van der Waals surface area contributed by atoms with E-state index in [0.29, 0.717) is 19.8 Å². The van der Waals surface area contributed by atoms with Gasteiger partial charge in [-0.3, -0.25) is 0 Å². The van der Waals surface area contributed by atoms with Crippen LogP contribution in [0.4, 0.5) is 0 Å². The fraction of sp³-hybridized carbons (Fsp3) is 1.00. The molecule has 1 saturated heterocycles. The lowest BCUT2D eigenvalue weighted by Gasteiger charge is -2.17. The molecule has 0 amide bonds. The van der Waals surface area contributed by atoms with Gasteiger partial charge in [-0.15, -0.1) is 0 Å². The first-order valence-corrected chi connectivity index (χ1v) is 9.54. The Morgan fingerprint density at radius 3 is 2.12 bits per heavy atom. The summed E-state index contributed by atoms with van der Waals surface area (Å²) in [5.74, 6) is -0.446. The molecule has 0 aromatic rings. The number of ether oxygens (including phenoxy) is 3. The van der Waals surface area contributed by atoms with Crippen LogP contribution in [0.25, 0.3) is 10.4 Å². The first kappa shape index (κ1) is 21.2. The third-order valence-electron chi connectivity index (χ3n) is 4.23. The quantitative estimate of drug-likeness (QED) is 0.174. The van der Waals surface area contributed by atoms with Crippen LogP contribution in [-0.4, -0.2) is 38.3 Å². The standard InChI is InChI=1S/C18H35N3O3/c1-18(2)23-16-17(24-18)15-22-14-12-10-8-6-4-3-5-7-9-11-13-20-21-19/h17H,3-16H2,1-2H3. The second kappa shape index (κ2) is 13.5. The molecular weight excluding hydrogens is 306 g/mol. The molecule has 1 heterocycles. The summed E-state index contributed by atoms with van der Waals surface area (Å²) < 4.78 is 16.9. The van der Waals surface area contributed by atoms with Crippen LogP contribution in [0.15, 0.2) is 5.11 Å². The van der Waals surface area contributed by atoms with Gasteiger partial charge in [-0.05, 0) is 32.2 Å². The summed E-state index contributed by atoms with van der Waals surface area (Å²) in [5, 5.41) is 3.55. The minimum atomic E-state index is -0.446. The van der Waals surface area contributed by atoms with Gasteiger partial charge >= 0.3 is 0 Å². The third kappa shape index (κ3) is 11.7. The SMILES string of the molecule is CC1(C)OCC(COCCCCCCCCCCCCN=[N+]=[N-])O1. The summed E-state index contributed by atoms with van der Waals surface area (Å²) in [5.41, 5.74) is 8.17. The van der Waals surface area contributed by atoms with Crippen molar-refractivity contribution < 1.29 is 14.2 Å². The second-order valence-electron chi connectivity index (χ2n) is 7.02. The fourth-order valence-corrected chi connectivity index (χ4v) is 2.91. The third-order valence-corrected chi connectivity index (χ3v) is 4.23. The summed E-state index contributed by atoms with van der Waals surface area (Å²) in [6.45, 7) is 6.63. The van der Waals surface area contributed by atoms with E-state index >= 15 is 0 Å². The van der Waals surface area contributed by atoms with E-state index in [-0.39, 0.29) is 6.10 Å². The molecule has 1 rings (SSSR count). The van der Waals surface area contributed by atoms with Gasteiger partial charge in [-0.25, -0.2) is 0 Å². The Labute approximate surface area is 146 Å². The van der Waals surface area contributed by atoms with E-state index in [1.54, 1.807) is 0 Å². The summed E-state index contributed by atoms with van der Waals surface area (Å²) in [7, 11) is 0. The highest BCUT2D eigenvalue weighted by atomic mass is 16.7. The maximum atomic E-state index is 8.17. The van der Waals surface area contributed by atoms with Crippen molar-refractivity contribution >= 4 is 0 Å². The van der Waals surface area contributed by atoms with Crippen LogP contribution in [-0.2, 0) is 14.2 Å². The molecule has 1 atom stereocenters. The topological polar surface area (TPSA) is 76.5 Å². The minimum absolute atomic E-state index is 0.0895. The van der Waals surface area contributed by atoms with E-state index in [1.165, 1.54) is 51.4 Å². The molecule has 0 aromatic heterocycles. The zero-order chi connectivity index (χ0) is 17.5. The molecule has 0 spiro atoms. The number of unbranched alkanes of at least 4 members (excludes halogenated alkanes) is 9. The van der Waals surface area contributed by atoms with Crippen molar-refractivity contribution in [2.75, 3.05) is 26.4 Å². The summed E-state index contributed by atoms with van der Waals surface area (Å²) in [6, 6.07) is 0. The van der Waals surface area contributed by atoms with E-state index < -0.39 is 5.79 Å². The normalized spacial score (nSPS) is 19.3. The van der Waals surface area contributed by atoms with Gasteiger partial charge in [0.05, 0.1) is 13.2 Å². The Balaban J connectivity index is 1.73. The number of nitrogens with zero attached hydrogens (tertiary/aromatic N) is 3. The maximum Gasteiger partial charge on any atom is 0.163 e. The Morgan fingerprint density at radius 2 is 1.58 bits per heavy atom. The Kier molecular flexibility index (Phi) is 11.9. The van der Waals surface area contributed by atoms with Crippen LogP contribution in [0.3, 0.4) is 0 Å².